The minimum Gasteiger partial charge on any atom is -0.497 e. The Morgan fingerprint density at radius 2 is 1.93 bits per heavy atom. The molecule has 7 nitrogen and oxygen atoms in total. The lowest BCUT2D eigenvalue weighted by Crippen LogP contribution is -2.28. The minimum atomic E-state index is -0.438. The lowest BCUT2D eigenvalue weighted by molar-refractivity contribution is -0.122. The summed E-state index contributed by atoms with van der Waals surface area (Å²) in [7, 11) is 4.48. The normalized spacial score (nSPS) is 16.3. The first kappa shape index (κ1) is 21.4. The zero-order valence-electron chi connectivity index (χ0n) is 17.2. The predicted octanol–water partition coefficient (Wildman–Crippen LogP) is 4.11. The highest BCUT2D eigenvalue weighted by Crippen LogP contribution is 2.36. The van der Waals surface area contributed by atoms with E-state index in [4.69, 9.17) is 14.2 Å². The number of benzene rings is 2. The summed E-state index contributed by atoms with van der Waals surface area (Å²) in [6, 6.07) is 12.2. The molecule has 1 saturated heterocycles. The van der Waals surface area contributed by atoms with Crippen molar-refractivity contribution >= 4 is 40.6 Å². The van der Waals surface area contributed by atoms with Crippen LogP contribution in [-0.4, -0.2) is 49.8 Å². The molecule has 156 valence electrons. The van der Waals surface area contributed by atoms with Crippen molar-refractivity contribution in [3.05, 3.63) is 58.5 Å². The molecule has 3 rings (SSSR count). The van der Waals surface area contributed by atoms with Gasteiger partial charge in [0, 0.05) is 18.2 Å². The lowest BCUT2D eigenvalue weighted by Gasteiger charge is -2.12. The van der Waals surface area contributed by atoms with Crippen molar-refractivity contribution in [1.82, 2.24) is 4.90 Å². The van der Waals surface area contributed by atoms with E-state index in [2.05, 4.69) is 4.99 Å². The summed E-state index contributed by atoms with van der Waals surface area (Å²) in [6.45, 7) is 2.36. The number of hydrogen-bond donors (Lipinski definition) is 0. The maximum Gasteiger partial charge on any atom is 0.337 e. The fourth-order valence-corrected chi connectivity index (χ4v) is 3.93. The van der Waals surface area contributed by atoms with E-state index in [1.54, 1.807) is 55.5 Å². The summed E-state index contributed by atoms with van der Waals surface area (Å²) >= 11 is 1.27. The number of amidine groups is 1. The molecular weight excluding hydrogens is 404 g/mol. The third-order valence-electron chi connectivity index (χ3n) is 4.42. The second kappa shape index (κ2) is 9.49. The van der Waals surface area contributed by atoms with Gasteiger partial charge in [-0.1, -0.05) is 6.07 Å². The van der Waals surface area contributed by atoms with Crippen molar-refractivity contribution in [2.75, 3.05) is 27.9 Å². The molecule has 2 aromatic rings. The predicted molar refractivity (Wildman–Crippen MR) is 117 cm³/mol. The van der Waals surface area contributed by atoms with E-state index in [9.17, 15) is 9.59 Å². The van der Waals surface area contributed by atoms with Crippen molar-refractivity contribution in [2.45, 2.75) is 6.92 Å². The van der Waals surface area contributed by atoms with E-state index < -0.39 is 5.97 Å². The lowest BCUT2D eigenvalue weighted by atomic mass is 10.1. The van der Waals surface area contributed by atoms with Crippen LogP contribution in [0.25, 0.3) is 6.08 Å². The number of likely N-dealkylation sites (N-methyl/N-ethyl adjacent to an activating group) is 1. The van der Waals surface area contributed by atoms with Crippen LogP contribution in [0, 0.1) is 0 Å². The van der Waals surface area contributed by atoms with Crippen LogP contribution >= 0.6 is 11.8 Å². The molecule has 0 radical (unpaired) electrons. The summed E-state index contributed by atoms with van der Waals surface area (Å²) < 4.78 is 15.4. The molecule has 1 heterocycles. The zero-order valence-corrected chi connectivity index (χ0v) is 18.0. The second-order valence-corrected chi connectivity index (χ2v) is 7.21. The first-order valence-corrected chi connectivity index (χ1v) is 10.0. The van der Waals surface area contributed by atoms with Gasteiger partial charge in [0.05, 0.1) is 37.5 Å². The molecule has 0 saturated carbocycles. The van der Waals surface area contributed by atoms with E-state index in [0.29, 0.717) is 39.4 Å². The van der Waals surface area contributed by atoms with Crippen LogP contribution < -0.4 is 9.47 Å². The number of methoxy groups -OCH3 is 3. The molecule has 30 heavy (non-hydrogen) atoms. The van der Waals surface area contributed by atoms with Crippen molar-refractivity contribution in [3.63, 3.8) is 0 Å². The number of amides is 1. The highest BCUT2D eigenvalue weighted by atomic mass is 32.2. The summed E-state index contributed by atoms with van der Waals surface area (Å²) in [4.78, 5) is 31.4. The number of ether oxygens (including phenoxy) is 3. The van der Waals surface area contributed by atoms with Crippen LogP contribution in [0.15, 0.2) is 52.4 Å². The molecule has 2 aromatic carbocycles. The van der Waals surface area contributed by atoms with Crippen molar-refractivity contribution < 1.29 is 23.8 Å². The van der Waals surface area contributed by atoms with Crippen LogP contribution in [0.1, 0.15) is 22.8 Å². The standard InChI is InChI=1S/C22H22N2O5S/c1-5-24-20(25)19(12-14-9-10-17(27-2)13-18(14)28-3)30-22(24)23-16-8-6-7-15(11-16)21(26)29-4/h6-13H,5H2,1-4H3. The number of rotatable bonds is 6. The number of carbonyl (C=O) groups excluding carboxylic acids is 2. The molecule has 0 N–H and O–H groups in total. The first-order chi connectivity index (χ1) is 14.5. The number of esters is 1. The van der Waals surface area contributed by atoms with Gasteiger partial charge >= 0.3 is 5.97 Å². The van der Waals surface area contributed by atoms with Crippen LogP contribution in [0.5, 0.6) is 11.5 Å². The second-order valence-electron chi connectivity index (χ2n) is 6.20. The Bertz CT molecular complexity index is 1030. The van der Waals surface area contributed by atoms with Crippen LogP contribution in [0.2, 0.25) is 0 Å². The van der Waals surface area contributed by atoms with Gasteiger partial charge in [-0.05, 0) is 55.1 Å². The fourth-order valence-electron chi connectivity index (χ4n) is 2.88. The number of aliphatic imine (C=N–C) groups is 1. The molecule has 0 aliphatic carbocycles. The van der Waals surface area contributed by atoms with Crippen LogP contribution in [-0.2, 0) is 9.53 Å². The number of hydrogen-bond acceptors (Lipinski definition) is 7. The minimum absolute atomic E-state index is 0.136. The van der Waals surface area contributed by atoms with Gasteiger partial charge in [-0.25, -0.2) is 9.79 Å². The van der Waals surface area contributed by atoms with Gasteiger partial charge < -0.3 is 14.2 Å². The SMILES string of the molecule is CCN1C(=O)C(=Cc2ccc(OC)cc2OC)SC1=Nc1cccc(C(=O)OC)c1. The molecule has 1 fully saturated rings. The van der Waals surface area contributed by atoms with Gasteiger partial charge in [0.2, 0.25) is 0 Å². The molecule has 1 aliphatic rings. The van der Waals surface area contributed by atoms with Gasteiger partial charge in [0.1, 0.15) is 11.5 Å². The van der Waals surface area contributed by atoms with Gasteiger partial charge in [-0.3, -0.25) is 9.69 Å². The number of nitrogens with zero attached hydrogens (tertiary/aromatic N) is 2. The Hall–Kier alpha value is -3.26. The molecule has 0 spiro atoms. The maximum atomic E-state index is 12.9. The zero-order chi connectivity index (χ0) is 21.7. The van der Waals surface area contributed by atoms with Gasteiger partial charge in [0.25, 0.3) is 5.91 Å². The smallest absolute Gasteiger partial charge is 0.337 e. The highest BCUT2D eigenvalue weighted by Gasteiger charge is 2.32. The van der Waals surface area contributed by atoms with E-state index in [1.165, 1.54) is 18.9 Å². The Morgan fingerprint density at radius 1 is 1.13 bits per heavy atom. The largest absolute Gasteiger partial charge is 0.497 e. The van der Waals surface area contributed by atoms with Crippen molar-refractivity contribution in [1.29, 1.82) is 0 Å². The summed E-state index contributed by atoms with van der Waals surface area (Å²) in [5, 5.41) is 0.545. The number of carbonyl (C=O) groups is 2. The summed E-state index contributed by atoms with van der Waals surface area (Å²) in [5.41, 5.74) is 1.73. The molecule has 0 unspecified atom stereocenters. The molecule has 0 atom stereocenters. The van der Waals surface area contributed by atoms with E-state index >= 15 is 0 Å². The Labute approximate surface area is 179 Å². The monoisotopic (exact) mass is 426 g/mol. The van der Waals surface area contributed by atoms with Gasteiger partial charge in [0.15, 0.2) is 5.17 Å². The molecule has 1 aliphatic heterocycles. The average molecular weight is 426 g/mol. The first-order valence-electron chi connectivity index (χ1n) is 9.21. The van der Waals surface area contributed by atoms with Crippen LogP contribution in [0.4, 0.5) is 5.69 Å². The quantitative estimate of drug-likeness (QED) is 0.511. The molecule has 0 bridgehead atoms. The third kappa shape index (κ3) is 4.49. The maximum absolute atomic E-state index is 12.9. The Morgan fingerprint density at radius 3 is 2.60 bits per heavy atom. The van der Waals surface area contributed by atoms with E-state index in [-0.39, 0.29) is 5.91 Å². The van der Waals surface area contributed by atoms with Crippen molar-refractivity contribution in [3.8, 4) is 11.5 Å². The third-order valence-corrected chi connectivity index (χ3v) is 5.43. The summed E-state index contributed by atoms with van der Waals surface area (Å²) in [6.07, 6.45) is 1.78. The Balaban J connectivity index is 1.95. The molecular formula is C22H22N2O5S. The van der Waals surface area contributed by atoms with Crippen molar-refractivity contribution in [2.24, 2.45) is 4.99 Å². The van der Waals surface area contributed by atoms with Crippen LogP contribution in [0.3, 0.4) is 0 Å². The molecule has 0 aromatic heterocycles. The highest BCUT2D eigenvalue weighted by molar-refractivity contribution is 8.18. The summed E-state index contributed by atoms with van der Waals surface area (Å²) in [5.74, 6) is 0.701. The Kier molecular flexibility index (Phi) is 6.79. The molecule has 1 amide bonds. The fraction of sp³-hybridized carbons (Fsp3) is 0.227. The van der Waals surface area contributed by atoms with Gasteiger partial charge in [-0.15, -0.1) is 0 Å². The average Bonchev–Trinajstić information content (AvgIpc) is 3.07. The number of thioether (sulfide) groups is 1. The van der Waals surface area contributed by atoms with E-state index in [1.807, 2.05) is 19.1 Å². The van der Waals surface area contributed by atoms with E-state index in [0.717, 1.165) is 5.56 Å². The van der Waals surface area contributed by atoms with Gasteiger partial charge in [-0.2, -0.15) is 0 Å². The molecule has 8 heteroatoms. The topological polar surface area (TPSA) is 77.4 Å².